The number of aromatic amines is 1. The Morgan fingerprint density at radius 3 is 2.83 bits per heavy atom. The van der Waals surface area contributed by atoms with Crippen LogP contribution in [0.1, 0.15) is 48.4 Å². The minimum atomic E-state index is 0.337. The van der Waals surface area contributed by atoms with Crippen molar-refractivity contribution in [1.82, 2.24) is 20.3 Å². The summed E-state index contributed by atoms with van der Waals surface area (Å²) in [4.78, 5) is 2.51. The van der Waals surface area contributed by atoms with Crippen molar-refractivity contribution in [1.29, 1.82) is 0 Å². The zero-order chi connectivity index (χ0) is 20.4. The van der Waals surface area contributed by atoms with Gasteiger partial charge in [0.05, 0.1) is 31.8 Å². The lowest BCUT2D eigenvalue weighted by molar-refractivity contribution is 0.245. The fourth-order valence-electron chi connectivity index (χ4n) is 4.34. The number of ether oxygens (including phenoxy) is 2. The number of H-pyrrole nitrogens is 1. The Kier molecular flexibility index (Phi) is 5.58. The molecule has 1 aliphatic rings. The molecule has 1 atom stereocenters. The van der Waals surface area contributed by atoms with Gasteiger partial charge in [0.25, 0.3) is 0 Å². The van der Waals surface area contributed by atoms with Gasteiger partial charge in [0, 0.05) is 35.7 Å². The number of benzene rings is 1. The van der Waals surface area contributed by atoms with Gasteiger partial charge in [-0.05, 0) is 44.5 Å². The first-order valence-corrected chi connectivity index (χ1v) is 10.1. The van der Waals surface area contributed by atoms with E-state index < -0.39 is 0 Å². The van der Waals surface area contributed by atoms with Gasteiger partial charge in [-0.15, -0.1) is 0 Å². The molecular formula is C22H28N4O3. The molecular weight excluding hydrogens is 368 g/mol. The molecule has 1 aromatic carbocycles. The number of methoxy groups -OCH3 is 2. The van der Waals surface area contributed by atoms with Crippen LogP contribution in [0.3, 0.4) is 0 Å². The molecule has 1 fully saturated rings. The van der Waals surface area contributed by atoms with Crippen LogP contribution in [0.2, 0.25) is 0 Å². The van der Waals surface area contributed by atoms with Gasteiger partial charge in [0.2, 0.25) is 0 Å². The van der Waals surface area contributed by atoms with Crippen molar-refractivity contribution in [2.75, 3.05) is 20.8 Å². The van der Waals surface area contributed by atoms with Crippen molar-refractivity contribution in [2.45, 2.75) is 45.7 Å². The molecule has 1 saturated heterocycles. The largest absolute Gasteiger partial charge is 0.493 e. The van der Waals surface area contributed by atoms with Crippen molar-refractivity contribution >= 4 is 0 Å². The summed E-state index contributed by atoms with van der Waals surface area (Å²) in [5.41, 5.74) is 5.47. The molecule has 0 aliphatic carbocycles. The zero-order valence-corrected chi connectivity index (χ0v) is 17.5. The summed E-state index contributed by atoms with van der Waals surface area (Å²) in [6.07, 6.45) is 5.08. The van der Waals surface area contributed by atoms with E-state index in [1.165, 1.54) is 12.0 Å². The van der Waals surface area contributed by atoms with Gasteiger partial charge in [-0.25, -0.2) is 0 Å². The second-order valence-corrected chi connectivity index (χ2v) is 7.43. The summed E-state index contributed by atoms with van der Waals surface area (Å²) in [5, 5.41) is 11.7. The third kappa shape index (κ3) is 3.62. The molecule has 0 bridgehead atoms. The zero-order valence-electron chi connectivity index (χ0n) is 17.5. The molecule has 4 rings (SSSR count). The summed E-state index contributed by atoms with van der Waals surface area (Å²) in [7, 11) is 3.29. The van der Waals surface area contributed by atoms with Gasteiger partial charge in [-0.3, -0.25) is 10.00 Å². The highest BCUT2D eigenvalue weighted by Gasteiger charge is 2.32. The highest BCUT2D eigenvalue weighted by molar-refractivity contribution is 5.66. The third-order valence-corrected chi connectivity index (χ3v) is 5.76. The predicted octanol–water partition coefficient (Wildman–Crippen LogP) is 4.29. The molecule has 1 N–H and O–H groups in total. The number of hydrogen-bond acceptors (Lipinski definition) is 6. The number of nitrogens with one attached hydrogen (secondary N) is 1. The maximum Gasteiger partial charge on any atom is 0.161 e. The first-order chi connectivity index (χ1) is 14.2. The lowest BCUT2D eigenvalue weighted by Crippen LogP contribution is -2.23. The van der Waals surface area contributed by atoms with Gasteiger partial charge < -0.3 is 14.0 Å². The Hall–Kier alpha value is -2.80. The second kappa shape index (κ2) is 8.29. The van der Waals surface area contributed by atoms with E-state index in [4.69, 9.17) is 14.0 Å². The number of rotatable bonds is 7. The van der Waals surface area contributed by atoms with Crippen LogP contribution in [-0.4, -0.2) is 41.0 Å². The molecule has 0 spiro atoms. The predicted molar refractivity (Wildman–Crippen MR) is 110 cm³/mol. The van der Waals surface area contributed by atoms with Crippen LogP contribution < -0.4 is 9.47 Å². The maximum absolute atomic E-state index is 5.56. The van der Waals surface area contributed by atoms with Crippen molar-refractivity contribution in [3.8, 4) is 22.8 Å². The van der Waals surface area contributed by atoms with Crippen LogP contribution >= 0.6 is 0 Å². The van der Waals surface area contributed by atoms with Crippen molar-refractivity contribution in [2.24, 2.45) is 0 Å². The molecule has 7 heteroatoms. The number of likely N-dealkylation sites (tertiary alicyclic amines) is 1. The summed E-state index contributed by atoms with van der Waals surface area (Å²) in [6.45, 7) is 6.03. The minimum Gasteiger partial charge on any atom is -0.493 e. The van der Waals surface area contributed by atoms with E-state index in [2.05, 4.69) is 27.2 Å². The van der Waals surface area contributed by atoms with Crippen LogP contribution in [0.25, 0.3) is 11.3 Å². The van der Waals surface area contributed by atoms with Crippen LogP contribution in [0, 0.1) is 6.92 Å². The van der Waals surface area contributed by atoms with Crippen molar-refractivity contribution in [3.05, 3.63) is 47.0 Å². The molecule has 0 unspecified atom stereocenters. The normalized spacial score (nSPS) is 17.0. The van der Waals surface area contributed by atoms with Crippen molar-refractivity contribution in [3.63, 3.8) is 0 Å². The van der Waals surface area contributed by atoms with Gasteiger partial charge in [-0.2, -0.15) is 5.10 Å². The van der Waals surface area contributed by atoms with Gasteiger partial charge in [0.1, 0.15) is 5.76 Å². The molecule has 3 heterocycles. The molecule has 0 saturated carbocycles. The van der Waals surface area contributed by atoms with Crippen LogP contribution in [-0.2, 0) is 13.0 Å². The summed E-state index contributed by atoms with van der Waals surface area (Å²) in [5.74, 6) is 2.43. The molecule has 3 aromatic rings. The highest BCUT2D eigenvalue weighted by Crippen LogP contribution is 2.38. The van der Waals surface area contributed by atoms with E-state index in [1.54, 1.807) is 14.2 Å². The van der Waals surface area contributed by atoms with Crippen LogP contribution in [0.4, 0.5) is 0 Å². The molecule has 7 nitrogen and oxygen atoms in total. The average Bonchev–Trinajstić information content (AvgIpc) is 3.47. The van der Waals surface area contributed by atoms with Crippen LogP contribution in [0.5, 0.6) is 11.5 Å². The van der Waals surface area contributed by atoms with Gasteiger partial charge in [-0.1, -0.05) is 12.1 Å². The van der Waals surface area contributed by atoms with E-state index in [0.29, 0.717) is 17.5 Å². The van der Waals surface area contributed by atoms with E-state index in [9.17, 15) is 0 Å². The Bertz CT molecular complexity index is 978. The van der Waals surface area contributed by atoms with E-state index >= 15 is 0 Å². The topological polar surface area (TPSA) is 76.4 Å². The molecule has 0 amide bonds. The molecule has 1 aliphatic heterocycles. The first-order valence-electron chi connectivity index (χ1n) is 10.1. The number of nitrogens with zero attached hydrogens (tertiary/aromatic N) is 3. The quantitative estimate of drug-likeness (QED) is 0.642. The Labute approximate surface area is 171 Å². The second-order valence-electron chi connectivity index (χ2n) is 7.43. The number of aromatic nitrogens is 3. The summed E-state index contributed by atoms with van der Waals surface area (Å²) in [6, 6.07) is 6.27. The monoisotopic (exact) mass is 396 g/mol. The standard InChI is InChI=1S/C22H28N4O3/c1-5-18-21(14(2)25-29-18)17-7-6-10-26(17)13-16-12-23-24-22(16)15-8-9-19(27-3)20(11-15)28-4/h8-9,11-12,17H,5-7,10,13H2,1-4H3,(H,23,24)/t17-/m1/s1. The summed E-state index contributed by atoms with van der Waals surface area (Å²) < 4.78 is 16.4. The Morgan fingerprint density at radius 2 is 2.07 bits per heavy atom. The maximum atomic E-state index is 5.56. The molecule has 29 heavy (non-hydrogen) atoms. The number of aryl methyl sites for hydroxylation is 2. The first kappa shape index (κ1) is 19.5. The molecule has 2 aromatic heterocycles. The lowest BCUT2D eigenvalue weighted by Gasteiger charge is -2.24. The van der Waals surface area contributed by atoms with E-state index in [0.717, 1.165) is 54.2 Å². The lowest BCUT2D eigenvalue weighted by atomic mass is 10.0. The molecule has 0 radical (unpaired) electrons. The minimum absolute atomic E-state index is 0.337. The fourth-order valence-corrected chi connectivity index (χ4v) is 4.34. The SMILES string of the molecule is CCc1onc(C)c1[C@H]1CCCN1Cc1cn[nH]c1-c1ccc(OC)c(OC)c1. The molecule has 154 valence electrons. The van der Waals surface area contributed by atoms with E-state index in [-0.39, 0.29) is 0 Å². The smallest absolute Gasteiger partial charge is 0.161 e. The number of hydrogen-bond donors (Lipinski definition) is 1. The van der Waals surface area contributed by atoms with Gasteiger partial charge in [0.15, 0.2) is 11.5 Å². The van der Waals surface area contributed by atoms with Crippen LogP contribution in [0.15, 0.2) is 28.9 Å². The third-order valence-electron chi connectivity index (χ3n) is 5.76. The average molecular weight is 396 g/mol. The Morgan fingerprint density at radius 1 is 1.24 bits per heavy atom. The Balaban J connectivity index is 1.61. The highest BCUT2D eigenvalue weighted by atomic mass is 16.5. The van der Waals surface area contributed by atoms with Crippen molar-refractivity contribution < 1.29 is 14.0 Å². The van der Waals surface area contributed by atoms with E-state index in [1.807, 2.05) is 31.3 Å². The summed E-state index contributed by atoms with van der Waals surface area (Å²) >= 11 is 0. The fraction of sp³-hybridized carbons (Fsp3) is 0.455. The van der Waals surface area contributed by atoms with Gasteiger partial charge >= 0.3 is 0 Å².